The number of hydrogen-bond acceptors (Lipinski definition) is 4. The van der Waals surface area contributed by atoms with Crippen molar-refractivity contribution in [3.8, 4) is 0 Å². The minimum atomic E-state index is -0.748. The highest BCUT2D eigenvalue weighted by atomic mass is 19.1. The van der Waals surface area contributed by atoms with E-state index in [-0.39, 0.29) is 0 Å². The maximum Gasteiger partial charge on any atom is 0.304 e. The number of nitro benzene ring substituents is 1. The van der Waals surface area contributed by atoms with Gasteiger partial charge < -0.3 is 10.2 Å². The topological polar surface area (TPSA) is 58.4 Å². The largest absolute Gasteiger partial charge is 0.365 e. The maximum atomic E-state index is 13.8. The number of rotatable bonds is 3. The van der Waals surface area contributed by atoms with Gasteiger partial charge in [-0.15, -0.1) is 0 Å². The molecule has 0 spiro atoms. The third-order valence-electron chi connectivity index (χ3n) is 4.57. The highest BCUT2D eigenvalue weighted by Gasteiger charge is 2.40. The molecule has 0 amide bonds. The average Bonchev–Trinajstić information content (AvgIpc) is 2.68. The first-order valence-electron chi connectivity index (χ1n) is 6.99. The molecule has 2 aliphatic heterocycles. The molecule has 0 radical (unpaired) electrons. The summed E-state index contributed by atoms with van der Waals surface area (Å²) in [7, 11) is 1.98. The Bertz CT molecular complexity index is 523. The van der Waals surface area contributed by atoms with Gasteiger partial charge in [0.05, 0.1) is 4.92 Å². The van der Waals surface area contributed by atoms with Gasteiger partial charge in [-0.3, -0.25) is 10.1 Å². The van der Waals surface area contributed by atoms with Crippen molar-refractivity contribution in [2.24, 2.45) is 0 Å². The molecule has 3 rings (SSSR count). The van der Waals surface area contributed by atoms with Crippen LogP contribution in [-0.2, 0) is 0 Å². The molecule has 2 fully saturated rings. The summed E-state index contributed by atoms with van der Waals surface area (Å²) in [6.45, 7) is 0. The zero-order valence-electron chi connectivity index (χ0n) is 11.4. The van der Waals surface area contributed by atoms with Gasteiger partial charge in [0.2, 0.25) is 5.82 Å². The molecule has 2 bridgehead atoms. The number of hydrogen-bond donors (Lipinski definition) is 1. The molecule has 1 aromatic carbocycles. The van der Waals surface area contributed by atoms with Gasteiger partial charge in [-0.1, -0.05) is 0 Å². The van der Waals surface area contributed by atoms with Gasteiger partial charge in [0.15, 0.2) is 0 Å². The molecule has 1 N–H and O–H groups in total. The number of benzene rings is 1. The van der Waals surface area contributed by atoms with E-state index in [4.69, 9.17) is 0 Å². The van der Waals surface area contributed by atoms with Crippen LogP contribution in [0.25, 0.3) is 0 Å². The van der Waals surface area contributed by atoms with E-state index in [1.54, 1.807) is 6.07 Å². The highest BCUT2D eigenvalue weighted by molar-refractivity contribution is 5.54. The van der Waals surface area contributed by atoms with E-state index in [1.807, 2.05) is 7.05 Å². The second-order valence-corrected chi connectivity index (χ2v) is 5.64. The Morgan fingerprint density at radius 3 is 2.50 bits per heavy atom. The fraction of sp³-hybridized carbons (Fsp3) is 0.571. The summed E-state index contributed by atoms with van der Waals surface area (Å²) in [6.07, 6.45) is 4.32. The van der Waals surface area contributed by atoms with Gasteiger partial charge in [-0.25, -0.2) is 0 Å². The number of nitrogens with one attached hydrogen (secondary N) is 1. The van der Waals surface area contributed by atoms with Crippen molar-refractivity contribution in [2.45, 2.75) is 43.8 Å². The fourth-order valence-corrected chi connectivity index (χ4v) is 3.64. The van der Waals surface area contributed by atoms with Crippen molar-refractivity contribution in [1.29, 1.82) is 0 Å². The normalized spacial score (nSPS) is 28.7. The minimum absolute atomic E-state index is 0.409. The number of anilines is 1. The molecule has 6 heteroatoms. The molecule has 2 atom stereocenters. The Morgan fingerprint density at radius 2 is 2.00 bits per heavy atom. The standard InChI is InChI=1S/C14H18FN3O2/c1-16-9-6-10-2-3-11(7-9)17(10)12-4-5-14(18(19)20)13(15)8-12/h4-5,8-11,16H,2-3,6-7H2,1H3. The smallest absolute Gasteiger partial charge is 0.304 e. The summed E-state index contributed by atoms with van der Waals surface area (Å²) >= 11 is 0. The Labute approximate surface area is 116 Å². The van der Waals surface area contributed by atoms with Crippen LogP contribution in [0.3, 0.4) is 0 Å². The molecule has 108 valence electrons. The number of halogens is 1. The van der Waals surface area contributed by atoms with Gasteiger partial charge in [-0.05, 0) is 38.8 Å². The van der Waals surface area contributed by atoms with Crippen LogP contribution >= 0.6 is 0 Å². The zero-order chi connectivity index (χ0) is 14.3. The first kappa shape index (κ1) is 13.3. The summed E-state index contributed by atoms with van der Waals surface area (Å²) < 4.78 is 13.8. The van der Waals surface area contributed by atoms with Gasteiger partial charge in [0.1, 0.15) is 0 Å². The van der Waals surface area contributed by atoms with Gasteiger partial charge in [-0.2, -0.15) is 4.39 Å². The number of piperidine rings is 1. The lowest BCUT2D eigenvalue weighted by molar-refractivity contribution is -0.387. The molecule has 0 aromatic heterocycles. The number of nitrogens with zero attached hydrogens (tertiary/aromatic N) is 2. The molecule has 2 unspecified atom stereocenters. The Kier molecular flexibility index (Phi) is 3.33. The van der Waals surface area contributed by atoms with Crippen LogP contribution in [0.1, 0.15) is 25.7 Å². The SMILES string of the molecule is CNC1CC2CCC(C1)N2c1ccc([N+](=O)[O-])c(F)c1. The predicted molar refractivity (Wildman–Crippen MR) is 74.4 cm³/mol. The quantitative estimate of drug-likeness (QED) is 0.682. The van der Waals surface area contributed by atoms with Crippen molar-refractivity contribution < 1.29 is 9.31 Å². The lowest BCUT2D eigenvalue weighted by Gasteiger charge is -2.40. The summed E-state index contributed by atoms with van der Waals surface area (Å²) in [5, 5.41) is 14.0. The van der Waals surface area contributed by atoms with Crippen LogP contribution < -0.4 is 10.2 Å². The molecular formula is C14H18FN3O2. The van der Waals surface area contributed by atoms with Gasteiger partial charge >= 0.3 is 5.69 Å². The van der Waals surface area contributed by atoms with E-state index in [0.29, 0.717) is 18.1 Å². The summed E-state index contributed by atoms with van der Waals surface area (Å²) in [4.78, 5) is 12.2. The first-order valence-corrected chi connectivity index (χ1v) is 6.99. The third-order valence-corrected chi connectivity index (χ3v) is 4.57. The van der Waals surface area contributed by atoms with Gasteiger partial charge in [0.25, 0.3) is 0 Å². The monoisotopic (exact) mass is 279 g/mol. The molecule has 0 aliphatic carbocycles. The third kappa shape index (κ3) is 2.14. The predicted octanol–water partition coefficient (Wildman–Crippen LogP) is 2.45. The molecule has 0 saturated carbocycles. The van der Waals surface area contributed by atoms with E-state index >= 15 is 0 Å². The maximum absolute atomic E-state index is 13.8. The Hall–Kier alpha value is -1.69. The molecule has 2 saturated heterocycles. The molecular weight excluding hydrogens is 261 g/mol. The van der Waals surface area contributed by atoms with Crippen molar-refractivity contribution in [3.63, 3.8) is 0 Å². The summed E-state index contributed by atoms with van der Waals surface area (Å²) in [5.41, 5.74) is 0.321. The lowest BCUT2D eigenvalue weighted by atomic mass is 9.96. The fourth-order valence-electron chi connectivity index (χ4n) is 3.64. The summed E-state index contributed by atoms with van der Waals surface area (Å²) in [6, 6.07) is 5.59. The second-order valence-electron chi connectivity index (χ2n) is 5.64. The van der Waals surface area contributed by atoms with Gasteiger partial charge in [0, 0.05) is 35.9 Å². The molecule has 2 aliphatic rings. The number of fused-ring (bicyclic) bond motifs is 2. The lowest BCUT2D eigenvalue weighted by Crippen LogP contribution is -2.48. The van der Waals surface area contributed by atoms with Crippen molar-refractivity contribution in [3.05, 3.63) is 34.1 Å². The minimum Gasteiger partial charge on any atom is -0.365 e. The second kappa shape index (κ2) is 5.01. The van der Waals surface area contributed by atoms with E-state index in [1.165, 1.54) is 12.1 Å². The van der Waals surface area contributed by atoms with Crippen LogP contribution in [0.4, 0.5) is 15.8 Å². The van der Waals surface area contributed by atoms with Crippen LogP contribution in [0.15, 0.2) is 18.2 Å². The van der Waals surface area contributed by atoms with E-state index in [9.17, 15) is 14.5 Å². The first-order chi connectivity index (χ1) is 9.60. The van der Waals surface area contributed by atoms with Crippen LogP contribution in [0.2, 0.25) is 0 Å². The summed E-state index contributed by atoms with van der Waals surface area (Å²) in [5.74, 6) is -0.748. The Balaban J connectivity index is 1.87. The van der Waals surface area contributed by atoms with Crippen LogP contribution in [0, 0.1) is 15.9 Å². The van der Waals surface area contributed by atoms with Crippen molar-refractivity contribution in [2.75, 3.05) is 11.9 Å². The zero-order valence-corrected chi connectivity index (χ0v) is 11.4. The van der Waals surface area contributed by atoms with E-state index in [2.05, 4.69) is 10.2 Å². The van der Waals surface area contributed by atoms with E-state index < -0.39 is 16.4 Å². The molecule has 5 nitrogen and oxygen atoms in total. The number of nitro groups is 1. The average molecular weight is 279 g/mol. The Morgan fingerprint density at radius 1 is 1.35 bits per heavy atom. The van der Waals surface area contributed by atoms with Crippen molar-refractivity contribution >= 4 is 11.4 Å². The highest BCUT2D eigenvalue weighted by Crippen LogP contribution is 2.40. The van der Waals surface area contributed by atoms with Crippen molar-refractivity contribution in [1.82, 2.24) is 5.32 Å². The van der Waals surface area contributed by atoms with E-state index in [0.717, 1.165) is 31.4 Å². The molecule has 1 aromatic rings. The molecule has 2 heterocycles. The van der Waals surface area contributed by atoms with Crippen LogP contribution in [-0.4, -0.2) is 30.1 Å². The molecule has 20 heavy (non-hydrogen) atoms. The van der Waals surface area contributed by atoms with Crippen LogP contribution in [0.5, 0.6) is 0 Å².